The summed E-state index contributed by atoms with van der Waals surface area (Å²) in [6, 6.07) is 10.2. The Morgan fingerprint density at radius 3 is 2.21 bits per heavy atom. The topological polar surface area (TPSA) is 61.4 Å². The number of hydrogen-bond acceptors (Lipinski definition) is 3. The van der Waals surface area contributed by atoms with Gasteiger partial charge in [-0.2, -0.15) is 0 Å². The van der Waals surface area contributed by atoms with E-state index in [0.717, 1.165) is 6.42 Å². The Kier molecular flexibility index (Phi) is 7.92. The minimum Gasteiger partial charge on any atom is -0.354 e. The SMILES string of the molecule is CC[C@H](CNC(=O)CN(C)CC(=O)NC(C)(C)C)c1ccccc1. The zero-order valence-corrected chi connectivity index (χ0v) is 15.6. The number of likely N-dealkylation sites (N-methyl/N-ethyl adjacent to an activating group) is 1. The van der Waals surface area contributed by atoms with Crippen LogP contribution in [0.1, 0.15) is 45.6 Å². The van der Waals surface area contributed by atoms with Crippen LogP contribution in [0.4, 0.5) is 0 Å². The highest BCUT2D eigenvalue weighted by Crippen LogP contribution is 2.17. The van der Waals surface area contributed by atoms with Gasteiger partial charge in [-0.3, -0.25) is 14.5 Å². The van der Waals surface area contributed by atoms with Crippen molar-refractivity contribution in [3.63, 3.8) is 0 Å². The minimum atomic E-state index is -0.260. The van der Waals surface area contributed by atoms with Gasteiger partial charge >= 0.3 is 0 Å². The summed E-state index contributed by atoms with van der Waals surface area (Å²) in [4.78, 5) is 25.7. The Morgan fingerprint density at radius 2 is 1.67 bits per heavy atom. The first-order valence-electron chi connectivity index (χ1n) is 8.52. The van der Waals surface area contributed by atoms with Crippen molar-refractivity contribution in [2.75, 3.05) is 26.7 Å². The van der Waals surface area contributed by atoms with E-state index in [4.69, 9.17) is 0 Å². The molecule has 0 spiro atoms. The van der Waals surface area contributed by atoms with E-state index in [2.05, 4.69) is 29.7 Å². The molecule has 0 aliphatic carbocycles. The third-order valence-electron chi connectivity index (χ3n) is 3.65. The number of carbonyl (C=O) groups excluding carboxylic acids is 2. The van der Waals surface area contributed by atoms with Gasteiger partial charge in [0.05, 0.1) is 13.1 Å². The molecule has 1 aromatic carbocycles. The van der Waals surface area contributed by atoms with E-state index in [-0.39, 0.29) is 30.4 Å². The number of carbonyl (C=O) groups is 2. The van der Waals surface area contributed by atoms with Crippen LogP contribution >= 0.6 is 0 Å². The van der Waals surface area contributed by atoms with Crippen LogP contribution in [0.15, 0.2) is 30.3 Å². The average molecular weight is 333 g/mol. The molecule has 1 rings (SSSR count). The average Bonchev–Trinajstić information content (AvgIpc) is 2.46. The predicted molar refractivity (Wildman–Crippen MR) is 97.9 cm³/mol. The van der Waals surface area contributed by atoms with E-state index in [1.807, 2.05) is 39.0 Å². The van der Waals surface area contributed by atoms with Crippen molar-refractivity contribution < 1.29 is 9.59 Å². The van der Waals surface area contributed by atoms with Gasteiger partial charge in [-0.05, 0) is 39.8 Å². The van der Waals surface area contributed by atoms with Gasteiger partial charge in [0.25, 0.3) is 0 Å². The van der Waals surface area contributed by atoms with Gasteiger partial charge in [0.15, 0.2) is 0 Å². The maximum atomic E-state index is 12.1. The summed E-state index contributed by atoms with van der Waals surface area (Å²) < 4.78 is 0. The van der Waals surface area contributed by atoms with Crippen LogP contribution in [-0.4, -0.2) is 48.9 Å². The fourth-order valence-electron chi connectivity index (χ4n) is 2.52. The van der Waals surface area contributed by atoms with Crippen molar-refractivity contribution in [2.24, 2.45) is 0 Å². The molecule has 0 saturated heterocycles. The molecule has 0 saturated carbocycles. The second kappa shape index (κ2) is 9.42. The van der Waals surface area contributed by atoms with Crippen LogP contribution in [0.2, 0.25) is 0 Å². The molecule has 0 unspecified atom stereocenters. The molecule has 0 bridgehead atoms. The second-order valence-corrected chi connectivity index (χ2v) is 7.29. The van der Waals surface area contributed by atoms with Crippen LogP contribution in [0.5, 0.6) is 0 Å². The van der Waals surface area contributed by atoms with Gasteiger partial charge in [0, 0.05) is 18.0 Å². The number of amides is 2. The van der Waals surface area contributed by atoms with E-state index in [0.29, 0.717) is 12.5 Å². The third-order valence-corrected chi connectivity index (χ3v) is 3.65. The molecule has 0 aliphatic rings. The highest BCUT2D eigenvalue weighted by molar-refractivity contribution is 5.81. The van der Waals surface area contributed by atoms with Crippen LogP contribution in [0, 0.1) is 0 Å². The fraction of sp³-hybridized carbons (Fsp3) is 0.579. The van der Waals surface area contributed by atoms with Crippen LogP contribution in [0.25, 0.3) is 0 Å². The van der Waals surface area contributed by atoms with Gasteiger partial charge in [-0.15, -0.1) is 0 Å². The quantitative estimate of drug-likeness (QED) is 0.766. The van der Waals surface area contributed by atoms with Crippen LogP contribution in [0.3, 0.4) is 0 Å². The third kappa shape index (κ3) is 8.11. The highest BCUT2D eigenvalue weighted by atomic mass is 16.2. The van der Waals surface area contributed by atoms with Gasteiger partial charge in [0.2, 0.25) is 11.8 Å². The first-order valence-corrected chi connectivity index (χ1v) is 8.52. The van der Waals surface area contributed by atoms with E-state index < -0.39 is 0 Å². The van der Waals surface area contributed by atoms with Crippen LogP contribution < -0.4 is 10.6 Å². The van der Waals surface area contributed by atoms with Gasteiger partial charge in [-0.1, -0.05) is 37.3 Å². The summed E-state index contributed by atoms with van der Waals surface area (Å²) in [7, 11) is 1.77. The molecule has 5 nitrogen and oxygen atoms in total. The van der Waals surface area contributed by atoms with Crippen molar-refractivity contribution in [3.05, 3.63) is 35.9 Å². The molecule has 24 heavy (non-hydrogen) atoms. The Balaban J connectivity index is 2.38. The zero-order valence-electron chi connectivity index (χ0n) is 15.6. The molecule has 0 radical (unpaired) electrons. The summed E-state index contributed by atoms with van der Waals surface area (Å²) >= 11 is 0. The minimum absolute atomic E-state index is 0.0598. The fourth-order valence-corrected chi connectivity index (χ4v) is 2.52. The highest BCUT2D eigenvalue weighted by Gasteiger charge is 2.17. The van der Waals surface area contributed by atoms with Gasteiger partial charge in [-0.25, -0.2) is 0 Å². The number of hydrogen-bond donors (Lipinski definition) is 2. The van der Waals surface area contributed by atoms with Gasteiger partial charge < -0.3 is 10.6 Å². The van der Waals surface area contributed by atoms with E-state index >= 15 is 0 Å². The predicted octanol–water partition coefficient (Wildman–Crippen LogP) is 2.14. The van der Waals surface area contributed by atoms with E-state index in [1.54, 1.807) is 11.9 Å². The second-order valence-electron chi connectivity index (χ2n) is 7.29. The number of benzene rings is 1. The molecule has 1 atom stereocenters. The maximum Gasteiger partial charge on any atom is 0.234 e. The number of nitrogens with one attached hydrogen (secondary N) is 2. The molecular weight excluding hydrogens is 302 g/mol. The number of nitrogens with zero attached hydrogens (tertiary/aromatic N) is 1. The molecule has 134 valence electrons. The van der Waals surface area contributed by atoms with Crippen LogP contribution in [-0.2, 0) is 9.59 Å². The largest absolute Gasteiger partial charge is 0.354 e. The summed E-state index contributed by atoms with van der Waals surface area (Å²) in [6.45, 7) is 8.96. The van der Waals surface area contributed by atoms with E-state index in [9.17, 15) is 9.59 Å². The van der Waals surface area contributed by atoms with Crippen molar-refractivity contribution in [1.29, 1.82) is 0 Å². The maximum absolute atomic E-state index is 12.1. The monoisotopic (exact) mass is 333 g/mol. The number of rotatable bonds is 8. The Labute approximate surface area is 145 Å². The Bertz CT molecular complexity index is 523. The zero-order chi connectivity index (χ0) is 18.2. The van der Waals surface area contributed by atoms with Crippen molar-refractivity contribution in [2.45, 2.75) is 45.6 Å². The van der Waals surface area contributed by atoms with Crippen molar-refractivity contribution in [3.8, 4) is 0 Å². The summed E-state index contributed by atoms with van der Waals surface area (Å²) in [5.41, 5.74) is 0.975. The Morgan fingerprint density at radius 1 is 1.08 bits per heavy atom. The smallest absolute Gasteiger partial charge is 0.234 e. The molecule has 0 aliphatic heterocycles. The molecule has 5 heteroatoms. The lowest BCUT2D eigenvalue weighted by molar-refractivity contribution is -0.125. The van der Waals surface area contributed by atoms with Crippen molar-refractivity contribution >= 4 is 11.8 Å². The molecule has 0 aromatic heterocycles. The lowest BCUT2D eigenvalue weighted by Gasteiger charge is -2.23. The molecule has 0 heterocycles. The summed E-state index contributed by atoms with van der Waals surface area (Å²) in [5, 5.41) is 5.86. The molecule has 2 N–H and O–H groups in total. The lowest BCUT2D eigenvalue weighted by atomic mass is 9.96. The van der Waals surface area contributed by atoms with Gasteiger partial charge in [0.1, 0.15) is 0 Å². The Hall–Kier alpha value is -1.88. The summed E-state index contributed by atoms with van der Waals surface area (Å²) in [5.74, 6) is 0.175. The normalized spacial score (nSPS) is 12.8. The first kappa shape index (κ1) is 20.2. The molecular formula is C19H31N3O2. The molecule has 2 amide bonds. The van der Waals surface area contributed by atoms with E-state index in [1.165, 1.54) is 5.56 Å². The molecule has 1 aromatic rings. The summed E-state index contributed by atoms with van der Waals surface area (Å²) in [6.07, 6.45) is 0.966. The van der Waals surface area contributed by atoms with Crippen molar-refractivity contribution in [1.82, 2.24) is 15.5 Å². The first-order chi connectivity index (χ1) is 11.2. The molecule has 0 fully saturated rings. The lowest BCUT2D eigenvalue weighted by Crippen LogP contribution is -2.47. The standard InChI is InChI=1S/C19H31N3O2/c1-6-15(16-10-8-7-9-11-16)12-20-17(23)13-22(5)14-18(24)21-19(2,3)4/h7-11,15H,6,12-14H2,1-5H3,(H,20,23)(H,21,24)/t15-/m1/s1.